The Labute approximate surface area is 55.5 Å². The third-order valence-electron chi connectivity index (χ3n) is 1.96. The quantitative estimate of drug-likeness (QED) is 0.505. The highest BCUT2D eigenvalue weighted by molar-refractivity contribution is 5.19. The van der Waals surface area contributed by atoms with Crippen molar-refractivity contribution in [1.29, 1.82) is 0 Å². The molecular weight excluding hydrogens is 110 g/mol. The van der Waals surface area contributed by atoms with Crippen LogP contribution in [0.25, 0.3) is 0 Å². The van der Waals surface area contributed by atoms with E-state index in [9.17, 15) is 0 Å². The molecule has 1 heterocycles. The number of allylic oxidation sites excluding steroid dienone is 2. The van der Waals surface area contributed by atoms with E-state index in [1.54, 1.807) is 0 Å². The lowest BCUT2D eigenvalue weighted by molar-refractivity contribution is 0.618. The van der Waals surface area contributed by atoms with Crippen molar-refractivity contribution in [3.8, 4) is 0 Å². The molecule has 47 valence electrons. The predicted molar refractivity (Wildman–Crippen MR) is 37.6 cm³/mol. The summed E-state index contributed by atoms with van der Waals surface area (Å²) in [6.45, 7) is 3.29. The highest BCUT2D eigenvalue weighted by atomic mass is 14.9. The molecule has 0 aromatic rings. The van der Waals surface area contributed by atoms with Gasteiger partial charge in [0.1, 0.15) is 0 Å². The maximum Gasteiger partial charge on any atom is 0.0296 e. The molecule has 1 fully saturated rings. The Kier molecular flexibility index (Phi) is 1.16. The largest absolute Gasteiger partial charge is 0.311 e. The molecule has 1 aliphatic carbocycles. The molecule has 1 N–H and O–H groups in total. The molecule has 1 radical (unpaired) electrons. The van der Waals surface area contributed by atoms with Gasteiger partial charge >= 0.3 is 0 Å². The number of rotatable bonds is 0. The molecule has 0 spiro atoms. The molecule has 2 unspecified atom stereocenters. The zero-order valence-electron chi connectivity index (χ0n) is 5.25. The van der Waals surface area contributed by atoms with Crippen molar-refractivity contribution in [3.05, 3.63) is 30.8 Å². The molecule has 1 saturated heterocycles. The van der Waals surface area contributed by atoms with Gasteiger partial charge in [0, 0.05) is 19.0 Å². The molecule has 1 nitrogen and oxygen atoms in total. The third-order valence-corrected chi connectivity index (χ3v) is 1.96. The summed E-state index contributed by atoms with van der Waals surface area (Å²) in [5.41, 5.74) is 0. The number of hydrogen-bond donors (Lipinski definition) is 1. The first-order valence-electron chi connectivity index (χ1n) is 3.38. The van der Waals surface area contributed by atoms with Gasteiger partial charge < -0.3 is 5.32 Å². The predicted octanol–water partition coefficient (Wildman–Crippen LogP) is 1.11. The van der Waals surface area contributed by atoms with Gasteiger partial charge in [-0.15, -0.1) is 0 Å². The SMILES string of the molecule is [CH]1NCC2C=CC=CC12. The fourth-order valence-electron chi connectivity index (χ4n) is 1.39. The Balaban J connectivity index is 2.18. The number of hydrogen-bond acceptors (Lipinski definition) is 1. The molecule has 2 rings (SSSR count). The van der Waals surface area contributed by atoms with Gasteiger partial charge in [-0.05, 0) is 5.92 Å². The minimum absolute atomic E-state index is 0.662. The Morgan fingerprint density at radius 2 is 2.11 bits per heavy atom. The molecule has 2 aliphatic rings. The molecule has 0 aromatic carbocycles. The number of fused-ring (bicyclic) bond motifs is 1. The Morgan fingerprint density at radius 1 is 1.22 bits per heavy atom. The summed E-state index contributed by atoms with van der Waals surface area (Å²) in [6, 6.07) is 0. The molecule has 2 atom stereocenters. The first kappa shape index (κ1) is 5.24. The van der Waals surface area contributed by atoms with Crippen LogP contribution in [0.2, 0.25) is 0 Å². The average molecular weight is 120 g/mol. The third kappa shape index (κ3) is 0.815. The second kappa shape index (κ2) is 1.99. The van der Waals surface area contributed by atoms with E-state index in [0.29, 0.717) is 5.92 Å². The van der Waals surface area contributed by atoms with Crippen LogP contribution in [0.4, 0.5) is 0 Å². The van der Waals surface area contributed by atoms with Crippen LogP contribution in [-0.4, -0.2) is 6.54 Å². The molecule has 1 heteroatoms. The molecule has 0 aromatic heterocycles. The van der Waals surface area contributed by atoms with E-state index < -0.39 is 0 Å². The van der Waals surface area contributed by atoms with Gasteiger partial charge in [0.05, 0.1) is 0 Å². The minimum Gasteiger partial charge on any atom is -0.311 e. The van der Waals surface area contributed by atoms with Gasteiger partial charge in [0.25, 0.3) is 0 Å². The van der Waals surface area contributed by atoms with Gasteiger partial charge in [0.15, 0.2) is 0 Å². The van der Waals surface area contributed by atoms with E-state index in [0.717, 1.165) is 12.5 Å². The Bertz CT molecular complexity index is 140. The zero-order valence-corrected chi connectivity index (χ0v) is 5.25. The van der Waals surface area contributed by atoms with E-state index in [-0.39, 0.29) is 0 Å². The van der Waals surface area contributed by atoms with E-state index in [1.807, 2.05) is 0 Å². The van der Waals surface area contributed by atoms with Gasteiger partial charge in [-0.1, -0.05) is 24.3 Å². The fraction of sp³-hybridized carbons (Fsp3) is 0.375. The van der Waals surface area contributed by atoms with Crippen molar-refractivity contribution < 1.29 is 0 Å². The van der Waals surface area contributed by atoms with Crippen LogP contribution in [-0.2, 0) is 0 Å². The maximum atomic E-state index is 3.24. The Morgan fingerprint density at radius 3 is 3.00 bits per heavy atom. The standard InChI is InChI=1S/C8H10N/c1-2-4-8-6-9-5-7(8)3-1/h1-5,7-9H,6H2. The average Bonchev–Trinajstić information content (AvgIpc) is 2.33. The molecule has 9 heavy (non-hydrogen) atoms. The molecule has 0 bridgehead atoms. The normalized spacial score (nSPS) is 39.1. The van der Waals surface area contributed by atoms with Gasteiger partial charge in [-0.2, -0.15) is 0 Å². The van der Waals surface area contributed by atoms with Crippen molar-refractivity contribution in [3.63, 3.8) is 0 Å². The summed E-state index contributed by atoms with van der Waals surface area (Å²) in [5.74, 6) is 1.39. The highest BCUT2D eigenvalue weighted by Gasteiger charge is 2.23. The summed E-state index contributed by atoms with van der Waals surface area (Å²) in [6.07, 6.45) is 8.75. The van der Waals surface area contributed by atoms with Gasteiger partial charge in [-0.3, -0.25) is 0 Å². The highest BCUT2D eigenvalue weighted by Crippen LogP contribution is 2.24. The minimum atomic E-state index is 0.662. The Hall–Kier alpha value is -0.560. The van der Waals surface area contributed by atoms with Crippen LogP contribution < -0.4 is 5.32 Å². The van der Waals surface area contributed by atoms with Crippen LogP contribution in [0.15, 0.2) is 24.3 Å². The number of nitrogens with one attached hydrogen (secondary N) is 1. The second-order valence-electron chi connectivity index (χ2n) is 2.59. The lowest BCUT2D eigenvalue weighted by Crippen LogP contribution is -2.08. The smallest absolute Gasteiger partial charge is 0.0296 e. The lowest BCUT2D eigenvalue weighted by Gasteiger charge is -2.11. The topological polar surface area (TPSA) is 12.0 Å². The van der Waals surface area contributed by atoms with Crippen molar-refractivity contribution >= 4 is 0 Å². The monoisotopic (exact) mass is 120 g/mol. The van der Waals surface area contributed by atoms with Crippen LogP contribution >= 0.6 is 0 Å². The maximum absolute atomic E-state index is 3.24. The summed E-state index contributed by atoms with van der Waals surface area (Å²) >= 11 is 0. The summed E-state index contributed by atoms with van der Waals surface area (Å²) in [4.78, 5) is 0. The van der Waals surface area contributed by atoms with Gasteiger partial charge in [-0.25, -0.2) is 0 Å². The molecule has 0 amide bonds. The summed E-state index contributed by atoms with van der Waals surface area (Å²) < 4.78 is 0. The van der Waals surface area contributed by atoms with E-state index in [1.165, 1.54) is 0 Å². The first-order valence-corrected chi connectivity index (χ1v) is 3.38. The van der Waals surface area contributed by atoms with Crippen molar-refractivity contribution in [1.82, 2.24) is 5.32 Å². The van der Waals surface area contributed by atoms with Crippen LogP contribution in [0.3, 0.4) is 0 Å². The molecule has 1 aliphatic heterocycles. The van der Waals surface area contributed by atoms with Gasteiger partial charge in [0.2, 0.25) is 0 Å². The molecular formula is C8H10N. The van der Waals surface area contributed by atoms with Crippen molar-refractivity contribution in [2.24, 2.45) is 11.8 Å². The van der Waals surface area contributed by atoms with E-state index in [4.69, 9.17) is 0 Å². The van der Waals surface area contributed by atoms with Crippen LogP contribution in [0.5, 0.6) is 0 Å². The lowest BCUT2D eigenvalue weighted by atomic mass is 9.92. The summed E-state index contributed by atoms with van der Waals surface area (Å²) in [5, 5.41) is 3.24. The van der Waals surface area contributed by atoms with E-state index in [2.05, 4.69) is 36.2 Å². The fourth-order valence-corrected chi connectivity index (χ4v) is 1.39. The second-order valence-corrected chi connectivity index (χ2v) is 2.59. The zero-order chi connectivity index (χ0) is 6.10. The summed E-state index contributed by atoms with van der Waals surface area (Å²) in [7, 11) is 0. The van der Waals surface area contributed by atoms with Crippen molar-refractivity contribution in [2.45, 2.75) is 0 Å². The van der Waals surface area contributed by atoms with Crippen molar-refractivity contribution in [2.75, 3.05) is 6.54 Å². The van der Waals surface area contributed by atoms with E-state index >= 15 is 0 Å². The molecule has 0 saturated carbocycles. The van der Waals surface area contributed by atoms with Crippen LogP contribution in [0, 0.1) is 18.4 Å². The first-order chi connectivity index (χ1) is 4.47. The van der Waals surface area contributed by atoms with Crippen LogP contribution in [0.1, 0.15) is 0 Å².